The first-order valence-electron chi connectivity index (χ1n) is 8.60. The predicted octanol–water partition coefficient (Wildman–Crippen LogP) is 3.82. The Morgan fingerprint density at radius 3 is 2.78 bits per heavy atom. The summed E-state index contributed by atoms with van der Waals surface area (Å²) >= 11 is 0.833. The quantitative estimate of drug-likeness (QED) is 0.430. The number of nitrogens with zero attached hydrogens (tertiary/aromatic N) is 2. The van der Waals surface area contributed by atoms with Crippen molar-refractivity contribution in [3.63, 3.8) is 0 Å². The summed E-state index contributed by atoms with van der Waals surface area (Å²) in [6.45, 7) is 7.77. The van der Waals surface area contributed by atoms with Crippen molar-refractivity contribution in [2.75, 3.05) is 6.61 Å². The van der Waals surface area contributed by atoms with Crippen LogP contribution < -0.4 is 0 Å². The van der Waals surface area contributed by atoms with E-state index in [4.69, 9.17) is 4.74 Å². The summed E-state index contributed by atoms with van der Waals surface area (Å²) in [5, 5.41) is 0.506. The number of aromatic nitrogens is 1. The van der Waals surface area contributed by atoms with Gasteiger partial charge in [-0.1, -0.05) is 24.3 Å². The SMILES string of the molecule is C=CCn1cc(/C=C2/SC(=O)N(C(C)C(=O)OCC)C2=O)c2ccccc21. The van der Waals surface area contributed by atoms with E-state index >= 15 is 0 Å². The van der Waals surface area contributed by atoms with Gasteiger partial charge in [-0.15, -0.1) is 6.58 Å². The van der Waals surface area contributed by atoms with Crippen molar-refractivity contribution < 1.29 is 19.1 Å². The number of carbonyl (C=O) groups excluding carboxylic acids is 3. The number of rotatable bonds is 6. The van der Waals surface area contributed by atoms with Gasteiger partial charge in [-0.25, -0.2) is 4.79 Å². The van der Waals surface area contributed by atoms with Gasteiger partial charge >= 0.3 is 5.97 Å². The molecule has 140 valence electrons. The van der Waals surface area contributed by atoms with Gasteiger partial charge in [-0.2, -0.15) is 0 Å². The molecule has 1 aliphatic rings. The van der Waals surface area contributed by atoms with Crippen LogP contribution in [0.25, 0.3) is 17.0 Å². The molecule has 1 aromatic carbocycles. The van der Waals surface area contributed by atoms with Gasteiger partial charge in [0, 0.05) is 29.2 Å². The van der Waals surface area contributed by atoms with Crippen molar-refractivity contribution in [1.29, 1.82) is 0 Å². The summed E-state index contributed by atoms with van der Waals surface area (Å²) < 4.78 is 6.96. The molecule has 1 aliphatic heterocycles. The fraction of sp³-hybridized carbons (Fsp3) is 0.250. The average Bonchev–Trinajstić information content (AvgIpc) is 3.13. The molecule has 6 nitrogen and oxygen atoms in total. The first kappa shape index (κ1) is 19.0. The molecular weight excluding hydrogens is 364 g/mol. The maximum Gasteiger partial charge on any atom is 0.329 e. The third-order valence-electron chi connectivity index (χ3n) is 4.27. The minimum Gasteiger partial charge on any atom is -0.464 e. The number of para-hydroxylation sites is 1. The van der Waals surface area contributed by atoms with Crippen molar-refractivity contribution in [2.24, 2.45) is 0 Å². The molecule has 2 aromatic rings. The zero-order valence-corrected chi connectivity index (χ0v) is 16.0. The second-order valence-electron chi connectivity index (χ2n) is 6.02. The lowest BCUT2D eigenvalue weighted by Crippen LogP contribution is -2.42. The average molecular weight is 384 g/mol. The molecule has 0 aliphatic carbocycles. The zero-order valence-electron chi connectivity index (χ0n) is 15.2. The fourth-order valence-electron chi connectivity index (χ4n) is 3.00. The van der Waals surface area contributed by atoms with Crippen LogP contribution in [0.15, 0.2) is 48.0 Å². The number of benzene rings is 1. The molecule has 1 unspecified atom stereocenters. The van der Waals surface area contributed by atoms with E-state index in [1.54, 1.807) is 19.1 Å². The van der Waals surface area contributed by atoms with Crippen molar-refractivity contribution in [2.45, 2.75) is 26.4 Å². The van der Waals surface area contributed by atoms with E-state index in [0.717, 1.165) is 33.1 Å². The molecule has 0 radical (unpaired) electrons. The summed E-state index contributed by atoms with van der Waals surface area (Å²) in [4.78, 5) is 38.2. The van der Waals surface area contributed by atoms with Crippen LogP contribution in [0.5, 0.6) is 0 Å². The van der Waals surface area contributed by atoms with Gasteiger partial charge in [-0.3, -0.25) is 14.5 Å². The molecular formula is C20H20N2O4S. The topological polar surface area (TPSA) is 68.6 Å². The van der Waals surface area contributed by atoms with E-state index in [2.05, 4.69) is 6.58 Å². The molecule has 1 atom stereocenters. The lowest BCUT2D eigenvalue weighted by molar-refractivity contribution is -0.150. The number of hydrogen-bond acceptors (Lipinski definition) is 5. The van der Waals surface area contributed by atoms with Crippen LogP contribution in [0.3, 0.4) is 0 Å². The van der Waals surface area contributed by atoms with Crippen LogP contribution in [0.2, 0.25) is 0 Å². The lowest BCUT2D eigenvalue weighted by Gasteiger charge is -2.19. The number of thioether (sulfide) groups is 1. The summed E-state index contributed by atoms with van der Waals surface area (Å²) in [6, 6.07) is 6.87. The summed E-state index contributed by atoms with van der Waals surface area (Å²) in [5.41, 5.74) is 1.85. The molecule has 27 heavy (non-hydrogen) atoms. The fourth-order valence-corrected chi connectivity index (χ4v) is 3.90. The Morgan fingerprint density at radius 2 is 2.07 bits per heavy atom. The summed E-state index contributed by atoms with van der Waals surface area (Å²) in [7, 11) is 0. The van der Waals surface area contributed by atoms with Gasteiger partial charge in [0.1, 0.15) is 6.04 Å². The van der Waals surface area contributed by atoms with Gasteiger partial charge in [0.25, 0.3) is 11.1 Å². The number of hydrogen-bond donors (Lipinski definition) is 0. The maximum atomic E-state index is 12.7. The highest BCUT2D eigenvalue weighted by Crippen LogP contribution is 2.35. The number of imide groups is 1. The maximum absolute atomic E-state index is 12.7. The highest BCUT2D eigenvalue weighted by molar-refractivity contribution is 8.18. The molecule has 1 aromatic heterocycles. The zero-order chi connectivity index (χ0) is 19.6. The highest BCUT2D eigenvalue weighted by atomic mass is 32.2. The van der Waals surface area contributed by atoms with Crippen molar-refractivity contribution >= 4 is 45.9 Å². The molecule has 0 spiro atoms. The minimum atomic E-state index is -0.953. The third-order valence-corrected chi connectivity index (χ3v) is 5.15. The van der Waals surface area contributed by atoms with Crippen LogP contribution in [-0.4, -0.2) is 39.2 Å². The van der Waals surface area contributed by atoms with Gasteiger partial charge in [-0.05, 0) is 37.8 Å². The van der Waals surface area contributed by atoms with E-state index in [9.17, 15) is 14.4 Å². The van der Waals surface area contributed by atoms with Crippen LogP contribution in [-0.2, 0) is 20.9 Å². The lowest BCUT2D eigenvalue weighted by atomic mass is 10.1. The standard InChI is InChI=1S/C20H20N2O4S/c1-4-10-21-12-14(15-8-6-7-9-16(15)21)11-17-18(23)22(20(25)27-17)13(3)19(24)26-5-2/h4,6-9,11-13H,1,5,10H2,2-3H3/b17-11+. The Hall–Kier alpha value is -2.80. The summed E-state index contributed by atoms with van der Waals surface area (Å²) in [6.07, 6.45) is 5.42. The number of ether oxygens (including phenoxy) is 1. The van der Waals surface area contributed by atoms with E-state index in [-0.39, 0.29) is 11.5 Å². The largest absolute Gasteiger partial charge is 0.464 e. The Kier molecular flexibility index (Phi) is 5.51. The monoisotopic (exact) mass is 384 g/mol. The Bertz CT molecular complexity index is 960. The Morgan fingerprint density at radius 1 is 1.33 bits per heavy atom. The predicted molar refractivity (Wildman–Crippen MR) is 106 cm³/mol. The molecule has 3 rings (SSSR count). The molecule has 7 heteroatoms. The summed E-state index contributed by atoms with van der Waals surface area (Å²) in [5.74, 6) is -1.07. The third kappa shape index (κ3) is 3.55. The van der Waals surface area contributed by atoms with E-state index in [0.29, 0.717) is 6.54 Å². The Labute approximate surface area is 161 Å². The molecule has 2 heterocycles. The number of amides is 2. The second-order valence-corrected chi connectivity index (χ2v) is 7.02. The Balaban J connectivity index is 1.96. The molecule has 2 amide bonds. The highest BCUT2D eigenvalue weighted by Gasteiger charge is 2.41. The molecule has 1 fully saturated rings. The van der Waals surface area contributed by atoms with Gasteiger partial charge in [0.15, 0.2) is 0 Å². The van der Waals surface area contributed by atoms with Gasteiger partial charge in [0.05, 0.1) is 11.5 Å². The van der Waals surface area contributed by atoms with E-state index in [1.165, 1.54) is 6.92 Å². The van der Waals surface area contributed by atoms with Crippen LogP contribution >= 0.6 is 11.8 Å². The molecule has 0 N–H and O–H groups in total. The van der Waals surface area contributed by atoms with Crippen molar-refractivity contribution in [3.8, 4) is 0 Å². The van der Waals surface area contributed by atoms with Gasteiger partial charge < -0.3 is 9.30 Å². The number of carbonyl (C=O) groups is 3. The molecule has 1 saturated heterocycles. The normalized spacial score (nSPS) is 17.0. The minimum absolute atomic E-state index is 0.193. The van der Waals surface area contributed by atoms with Crippen LogP contribution in [0.1, 0.15) is 19.4 Å². The molecule has 0 saturated carbocycles. The van der Waals surface area contributed by atoms with Crippen LogP contribution in [0, 0.1) is 0 Å². The second kappa shape index (κ2) is 7.84. The van der Waals surface area contributed by atoms with E-state index < -0.39 is 23.2 Å². The number of fused-ring (bicyclic) bond motifs is 1. The van der Waals surface area contributed by atoms with Crippen molar-refractivity contribution in [3.05, 3.63) is 53.6 Å². The van der Waals surface area contributed by atoms with Crippen molar-refractivity contribution in [1.82, 2.24) is 9.47 Å². The number of esters is 1. The van der Waals surface area contributed by atoms with Crippen LogP contribution in [0.4, 0.5) is 4.79 Å². The molecule has 0 bridgehead atoms. The van der Waals surface area contributed by atoms with Gasteiger partial charge in [0.2, 0.25) is 0 Å². The number of allylic oxidation sites excluding steroid dienone is 1. The smallest absolute Gasteiger partial charge is 0.329 e. The van der Waals surface area contributed by atoms with E-state index in [1.807, 2.05) is 35.0 Å². The first-order chi connectivity index (χ1) is 13.0. The first-order valence-corrected chi connectivity index (χ1v) is 9.42.